The molecular formula is C18H15N3O5S2. The zero-order chi connectivity index (χ0) is 20.1. The molecule has 10 heteroatoms. The second kappa shape index (κ2) is 8.72. The number of fused-ring (bicyclic) bond motifs is 1. The van der Waals surface area contributed by atoms with Crippen LogP contribution in [0.5, 0.6) is 0 Å². The number of amides is 1. The van der Waals surface area contributed by atoms with Crippen molar-refractivity contribution in [3.8, 4) is 0 Å². The number of thiophene rings is 1. The average Bonchev–Trinajstić information content (AvgIpc) is 3.28. The molecule has 2 heterocycles. The summed E-state index contributed by atoms with van der Waals surface area (Å²) >= 11 is 2.59. The Kier molecular flexibility index (Phi) is 6.12. The molecule has 0 bridgehead atoms. The first-order valence-corrected chi connectivity index (χ1v) is 9.91. The van der Waals surface area contributed by atoms with E-state index in [0.717, 1.165) is 16.2 Å². The molecule has 0 atom stereocenters. The Morgan fingerprint density at radius 2 is 2.18 bits per heavy atom. The summed E-state index contributed by atoms with van der Waals surface area (Å²) in [7, 11) is 0. The zero-order valence-electron chi connectivity index (χ0n) is 14.7. The van der Waals surface area contributed by atoms with Gasteiger partial charge in [0.15, 0.2) is 4.80 Å². The Labute approximate surface area is 167 Å². The first kappa shape index (κ1) is 19.6. The quantitative estimate of drug-likeness (QED) is 0.265. The lowest BCUT2D eigenvalue weighted by Gasteiger charge is -2.04. The van der Waals surface area contributed by atoms with Crippen molar-refractivity contribution in [1.29, 1.82) is 0 Å². The molecule has 3 rings (SSSR count). The fraction of sp³-hybridized carbons (Fsp3) is 0.167. The topological polar surface area (TPSA) is 104 Å². The number of hydrogen-bond acceptors (Lipinski definition) is 7. The van der Waals surface area contributed by atoms with Gasteiger partial charge < -0.3 is 9.30 Å². The maximum Gasteiger partial charge on any atom is 0.326 e. The van der Waals surface area contributed by atoms with Gasteiger partial charge in [0, 0.05) is 23.1 Å². The number of thiazole rings is 1. The van der Waals surface area contributed by atoms with E-state index in [1.165, 1.54) is 40.2 Å². The van der Waals surface area contributed by atoms with Crippen LogP contribution in [0.2, 0.25) is 0 Å². The fourth-order valence-electron chi connectivity index (χ4n) is 2.42. The van der Waals surface area contributed by atoms with Crippen LogP contribution in [-0.4, -0.2) is 28.0 Å². The van der Waals surface area contributed by atoms with E-state index in [1.807, 2.05) is 17.5 Å². The van der Waals surface area contributed by atoms with Gasteiger partial charge in [-0.25, -0.2) is 0 Å². The number of nitro groups is 1. The summed E-state index contributed by atoms with van der Waals surface area (Å²) < 4.78 is 7.05. The molecule has 0 N–H and O–H groups in total. The van der Waals surface area contributed by atoms with Gasteiger partial charge in [0.2, 0.25) is 0 Å². The number of esters is 1. The number of carbonyl (C=O) groups is 2. The number of ether oxygens (including phenoxy) is 1. The Morgan fingerprint density at radius 1 is 1.36 bits per heavy atom. The molecule has 28 heavy (non-hydrogen) atoms. The summed E-state index contributed by atoms with van der Waals surface area (Å²) in [6.07, 6.45) is 3.00. The van der Waals surface area contributed by atoms with E-state index in [-0.39, 0.29) is 23.6 Å². The van der Waals surface area contributed by atoms with Crippen LogP contribution < -0.4 is 4.80 Å². The molecule has 0 radical (unpaired) electrons. The highest BCUT2D eigenvalue weighted by Crippen LogP contribution is 2.23. The second-order valence-corrected chi connectivity index (χ2v) is 7.47. The predicted molar refractivity (Wildman–Crippen MR) is 107 cm³/mol. The third kappa shape index (κ3) is 4.59. The number of benzene rings is 1. The lowest BCUT2D eigenvalue weighted by atomic mass is 10.3. The number of rotatable bonds is 6. The maximum absolute atomic E-state index is 12.2. The molecule has 2 aromatic heterocycles. The lowest BCUT2D eigenvalue weighted by molar-refractivity contribution is -0.384. The van der Waals surface area contributed by atoms with Crippen molar-refractivity contribution in [2.45, 2.75) is 13.5 Å². The summed E-state index contributed by atoms with van der Waals surface area (Å²) in [5.74, 6) is -0.976. The average molecular weight is 417 g/mol. The van der Waals surface area contributed by atoms with E-state index in [0.29, 0.717) is 10.2 Å². The molecule has 0 fully saturated rings. The van der Waals surface area contributed by atoms with Gasteiger partial charge in [-0.2, -0.15) is 4.99 Å². The second-order valence-electron chi connectivity index (χ2n) is 5.48. The number of aromatic nitrogens is 1. The molecule has 0 spiro atoms. The van der Waals surface area contributed by atoms with Crippen LogP contribution >= 0.6 is 22.7 Å². The van der Waals surface area contributed by atoms with E-state index < -0.39 is 16.8 Å². The first-order valence-electron chi connectivity index (χ1n) is 8.21. The molecule has 144 valence electrons. The van der Waals surface area contributed by atoms with Crippen molar-refractivity contribution in [2.75, 3.05) is 6.61 Å². The molecule has 0 aliphatic carbocycles. The Morgan fingerprint density at radius 3 is 2.86 bits per heavy atom. The third-order valence-electron chi connectivity index (χ3n) is 3.61. The van der Waals surface area contributed by atoms with Gasteiger partial charge in [-0.1, -0.05) is 17.4 Å². The molecule has 0 saturated carbocycles. The van der Waals surface area contributed by atoms with Crippen LogP contribution in [0.4, 0.5) is 5.69 Å². The van der Waals surface area contributed by atoms with E-state index in [2.05, 4.69) is 4.99 Å². The van der Waals surface area contributed by atoms with Gasteiger partial charge in [-0.05, 0) is 30.5 Å². The largest absolute Gasteiger partial charge is 0.465 e. The maximum atomic E-state index is 12.2. The van der Waals surface area contributed by atoms with Crippen molar-refractivity contribution < 1.29 is 19.2 Å². The third-order valence-corrected chi connectivity index (χ3v) is 5.49. The molecular weight excluding hydrogens is 402 g/mol. The van der Waals surface area contributed by atoms with Crippen molar-refractivity contribution in [3.63, 3.8) is 0 Å². The van der Waals surface area contributed by atoms with E-state index in [1.54, 1.807) is 13.0 Å². The summed E-state index contributed by atoms with van der Waals surface area (Å²) in [5.41, 5.74) is 0.491. The minimum absolute atomic E-state index is 0.0764. The SMILES string of the molecule is CCOC(=O)Cn1c(=NC(=O)/C=C/c2cccs2)sc2cc([N+](=O)[O-])ccc21. The monoisotopic (exact) mass is 417 g/mol. The molecule has 8 nitrogen and oxygen atoms in total. The smallest absolute Gasteiger partial charge is 0.326 e. The van der Waals surface area contributed by atoms with E-state index >= 15 is 0 Å². The summed E-state index contributed by atoms with van der Waals surface area (Å²) in [4.78, 5) is 40.0. The van der Waals surface area contributed by atoms with Crippen molar-refractivity contribution in [2.24, 2.45) is 4.99 Å². The standard InChI is InChI=1S/C18H15N3O5S2/c1-2-26-17(23)11-20-14-7-5-12(21(24)25)10-15(14)28-18(20)19-16(22)8-6-13-4-3-9-27-13/h3-10H,2,11H2,1H3/b8-6+,19-18?. The van der Waals surface area contributed by atoms with Gasteiger partial charge >= 0.3 is 5.97 Å². The fourth-order valence-corrected chi connectivity index (χ4v) is 4.11. The van der Waals surface area contributed by atoms with Crippen LogP contribution in [0, 0.1) is 10.1 Å². The van der Waals surface area contributed by atoms with Gasteiger partial charge in [-0.3, -0.25) is 19.7 Å². The molecule has 0 aliphatic rings. The van der Waals surface area contributed by atoms with Crippen LogP contribution in [0.1, 0.15) is 11.8 Å². The summed E-state index contributed by atoms with van der Waals surface area (Å²) in [5, 5.41) is 12.9. The van der Waals surface area contributed by atoms with Gasteiger partial charge in [0.05, 0.1) is 21.7 Å². The van der Waals surface area contributed by atoms with Gasteiger partial charge in [0.25, 0.3) is 11.6 Å². The Bertz CT molecular complexity index is 1130. The lowest BCUT2D eigenvalue weighted by Crippen LogP contribution is -2.22. The minimum atomic E-state index is -0.499. The molecule has 0 unspecified atom stereocenters. The Balaban J connectivity index is 2.03. The van der Waals surface area contributed by atoms with Crippen LogP contribution in [0.25, 0.3) is 16.3 Å². The normalized spacial score (nSPS) is 12.0. The van der Waals surface area contributed by atoms with Crippen LogP contribution in [-0.2, 0) is 20.9 Å². The van der Waals surface area contributed by atoms with Gasteiger partial charge in [-0.15, -0.1) is 11.3 Å². The summed E-state index contributed by atoms with van der Waals surface area (Å²) in [6, 6.07) is 8.02. The molecule has 0 aliphatic heterocycles. The minimum Gasteiger partial charge on any atom is -0.465 e. The van der Waals surface area contributed by atoms with Crippen molar-refractivity contribution in [1.82, 2.24) is 4.57 Å². The first-order chi connectivity index (χ1) is 13.5. The van der Waals surface area contributed by atoms with Gasteiger partial charge in [0.1, 0.15) is 6.54 Å². The predicted octanol–water partition coefficient (Wildman–Crippen LogP) is 3.38. The molecule has 1 aromatic carbocycles. The zero-order valence-corrected chi connectivity index (χ0v) is 16.4. The number of carbonyl (C=O) groups excluding carboxylic acids is 2. The number of nitro benzene ring substituents is 1. The number of nitrogens with zero attached hydrogens (tertiary/aromatic N) is 3. The van der Waals surface area contributed by atoms with Crippen LogP contribution in [0.3, 0.4) is 0 Å². The Hall–Kier alpha value is -3.11. The highest BCUT2D eigenvalue weighted by Gasteiger charge is 2.15. The van der Waals surface area contributed by atoms with Crippen molar-refractivity contribution >= 4 is 56.5 Å². The molecule has 0 saturated heterocycles. The molecule has 3 aromatic rings. The van der Waals surface area contributed by atoms with E-state index in [4.69, 9.17) is 4.74 Å². The van der Waals surface area contributed by atoms with Crippen molar-refractivity contribution in [3.05, 3.63) is 61.6 Å². The summed E-state index contributed by atoms with van der Waals surface area (Å²) in [6.45, 7) is 1.77. The number of hydrogen-bond donors (Lipinski definition) is 0. The highest BCUT2D eigenvalue weighted by molar-refractivity contribution is 7.16. The molecule has 1 amide bonds. The van der Waals surface area contributed by atoms with Crippen LogP contribution in [0.15, 0.2) is 46.8 Å². The van der Waals surface area contributed by atoms with E-state index in [9.17, 15) is 19.7 Å². The number of non-ortho nitro benzene ring substituents is 1. The highest BCUT2D eigenvalue weighted by atomic mass is 32.1.